The van der Waals surface area contributed by atoms with Crippen molar-refractivity contribution in [3.63, 3.8) is 0 Å². The maximum atomic E-state index is 13.7. The van der Waals surface area contributed by atoms with Crippen LogP contribution < -0.4 is 0 Å². The molecule has 0 radical (unpaired) electrons. The molecular formula is C11H2Br3F5S. The number of rotatable bonds is 2. The van der Waals surface area contributed by atoms with Crippen LogP contribution in [0.4, 0.5) is 22.0 Å². The maximum absolute atomic E-state index is 13.7. The zero-order chi connectivity index (χ0) is 15.2. The molecule has 0 nitrogen and oxygen atoms in total. The van der Waals surface area contributed by atoms with E-state index in [9.17, 15) is 22.0 Å². The lowest BCUT2D eigenvalue weighted by Gasteiger charge is -2.13. The monoisotopic (exact) mass is 498 g/mol. The van der Waals surface area contributed by atoms with Crippen molar-refractivity contribution in [3.8, 4) is 0 Å². The molecule has 0 N–H and O–H groups in total. The number of thiophene rings is 1. The summed E-state index contributed by atoms with van der Waals surface area (Å²) >= 11 is 10.5. The van der Waals surface area contributed by atoms with Gasteiger partial charge in [0.1, 0.15) is 0 Å². The Kier molecular flexibility index (Phi) is 4.93. The third kappa shape index (κ3) is 2.69. The zero-order valence-electron chi connectivity index (χ0n) is 9.09. The van der Waals surface area contributed by atoms with Gasteiger partial charge in [0.05, 0.1) is 12.4 Å². The molecule has 1 heterocycles. The van der Waals surface area contributed by atoms with E-state index in [0.29, 0.717) is 13.1 Å². The van der Waals surface area contributed by atoms with Crippen molar-refractivity contribution in [2.75, 3.05) is 0 Å². The molecule has 2 rings (SSSR count). The molecule has 0 aliphatic carbocycles. The lowest BCUT2D eigenvalue weighted by Crippen LogP contribution is -2.09. The Balaban J connectivity index is 2.67. The van der Waals surface area contributed by atoms with Crippen LogP contribution in [0.15, 0.2) is 13.6 Å². The number of hydrogen-bond donors (Lipinski definition) is 0. The van der Waals surface area contributed by atoms with Crippen LogP contribution in [-0.4, -0.2) is 0 Å². The first-order valence-electron chi connectivity index (χ1n) is 4.85. The van der Waals surface area contributed by atoms with Gasteiger partial charge in [-0.05, 0) is 43.5 Å². The molecule has 1 aromatic carbocycles. The predicted molar refractivity (Wildman–Crippen MR) is 76.7 cm³/mol. The summed E-state index contributed by atoms with van der Waals surface area (Å²) < 4.78 is 67.9. The fourth-order valence-electron chi connectivity index (χ4n) is 1.53. The van der Waals surface area contributed by atoms with Gasteiger partial charge in [0, 0.05) is 5.56 Å². The lowest BCUT2D eigenvalue weighted by atomic mass is 10.1. The molecule has 9 heteroatoms. The summed E-state index contributed by atoms with van der Waals surface area (Å²) in [6, 6.07) is 1.52. The van der Waals surface area contributed by atoms with E-state index >= 15 is 0 Å². The average molecular weight is 501 g/mol. The summed E-state index contributed by atoms with van der Waals surface area (Å²) in [4.78, 5) is -1.18. The SMILES string of the molecule is Fc1c(F)c(F)c(C(Br)c2cc(Br)sc2Br)c(F)c1F. The summed E-state index contributed by atoms with van der Waals surface area (Å²) in [7, 11) is 0. The third-order valence-electron chi connectivity index (χ3n) is 2.45. The van der Waals surface area contributed by atoms with Gasteiger partial charge in [-0.2, -0.15) is 0 Å². The van der Waals surface area contributed by atoms with Gasteiger partial charge in [-0.15, -0.1) is 11.3 Å². The first kappa shape index (κ1) is 16.4. The number of benzene rings is 1. The maximum Gasteiger partial charge on any atom is 0.200 e. The minimum absolute atomic E-state index is 0.352. The first-order chi connectivity index (χ1) is 9.25. The van der Waals surface area contributed by atoms with Gasteiger partial charge in [0.2, 0.25) is 5.82 Å². The van der Waals surface area contributed by atoms with Crippen LogP contribution in [0.1, 0.15) is 16.0 Å². The second-order valence-electron chi connectivity index (χ2n) is 3.63. The minimum atomic E-state index is -2.17. The summed E-state index contributed by atoms with van der Waals surface area (Å²) in [5.41, 5.74) is -0.572. The molecule has 1 unspecified atom stereocenters. The highest BCUT2D eigenvalue weighted by Crippen LogP contribution is 2.44. The average Bonchev–Trinajstić information content (AvgIpc) is 2.73. The van der Waals surface area contributed by atoms with Gasteiger partial charge in [0.25, 0.3) is 0 Å². The molecule has 1 atom stereocenters. The van der Waals surface area contributed by atoms with Crippen LogP contribution in [0, 0.1) is 29.1 Å². The molecule has 1 aromatic heterocycles. The van der Waals surface area contributed by atoms with Crippen molar-refractivity contribution in [1.29, 1.82) is 0 Å². The van der Waals surface area contributed by atoms with Crippen LogP contribution in [0.25, 0.3) is 0 Å². The van der Waals surface area contributed by atoms with Gasteiger partial charge in [-0.1, -0.05) is 15.9 Å². The summed E-state index contributed by atoms with van der Waals surface area (Å²) in [5, 5.41) is 0. The Morgan fingerprint density at radius 1 is 0.850 bits per heavy atom. The van der Waals surface area contributed by atoms with Crippen molar-refractivity contribution in [2.45, 2.75) is 4.83 Å². The van der Waals surface area contributed by atoms with Gasteiger partial charge in [-0.3, -0.25) is 0 Å². The van der Waals surface area contributed by atoms with Crippen LogP contribution in [0.5, 0.6) is 0 Å². The molecule has 0 bridgehead atoms. The highest BCUT2D eigenvalue weighted by atomic mass is 79.9. The number of halogens is 8. The predicted octanol–water partition coefficient (Wildman–Crippen LogP) is 6.45. The molecule has 0 saturated heterocycles. The molecule has 0 aliphatic heterocycles. The first-order valence-corrected chi connectivity index (χ1v) is 8.17. The summed E-state index contributed by atoms with van der Waals surface area (Å²) in [5.74, 6) is -9.80. The highest BCUT2D eigenvalue weighted by Gasteiger charge is 2.31. The van der Waals surface area contributed by atoms with Gasteiger partial charge in [-0.25, -0.2) is 22.0 Å². The largest absolute Gasteiger partial charge is 0.203 e. The van der Waals surface area contributed by atoms with Crippen LogP contribution in [0.3, 0.4) is 0 Å². The number of alkyl halides is 1. The molecule has 108 valence electrons. The van der Waals surface area contributed by atoms with E-state index in [4.69, 9.17) is 0 Å². The molecule has 0 aliphatic rings. The summed E-state index contributed by atoms with van der Waals surface area (Å²) in [6.45, 7) is 0. The molecule has 2 aromatic rings. The lowest BCUT2D eigenvalue weighted by molar-refractivity contribution is 0.371. The zero-order valence-corrected chi connectivity index (χ0v) is 14.7. The fraction of sp³-hybridized carbons (Fsp3) is 0.0909. The molecule has 0 fully saturated rings. The molecular weight excluding hydrogens is 499 g/mol. The molecule has 20 heavy (non-hydrogen) atoms. The second-order valence-corrected chi connectivity index (χ2v) is 8.29. The van der Waals surface area contributed by atoms with E-state index < -0.39 is 39.5 Å². The van der Waals surface area contributed by atoms with Gasteiger partial charge in [0.15, 0.2) is 23.3 Å². The normalized spacial score (nSPS) is 12.8. The second kappa shape index (κ2) is 6.02. The van der Waals surface area contributed by atoms with E-state index in [2.05, 4.69) is 47.8 Å². The Morgan fingerprint density at radius 3 is 1.70 bits per heavy atom. The Morgan fingerprint density at radius 2 is 1.30 bits per heavy atom. The Labute approximate surface area is 139 Å². The van der Waals surface area contributed by atoms with Crippen molar-refractivity contribution >= 4 is 59.1 Å². The van der Waals surface area contributed by atoms with E-state index in [0.717, 1.165) is 0 Å². The van der Waals surface area contributed by atoms with E-state index in [1.165, 1.54) is 17.4 Å². The van der Waals surface area contributed by atoms with Crippen LogP contribution >= 0.6 is 59.1 Å². The van der Waals surface area contributed by atoms with Crippen molar-refractivity contribution < 1.29 is 22.0 Å². The Hall–Kier alpha value is 0.01000. The van der Waals surface area contributed by atoms with E-state index in [-0.39, 0.29) is 0 Å². The van der Waals surface area contributed by atoms with Gasteiger partial charge < -0.3 is 0 Å². The fourth-order valence-corrected chi connectivity index (χ4v) is 5.65. The molecule has 0 spiro atoms. The number of hydrogen-bond acceptors (Lipinski definition) is 1. The molecule has 0 amide bonds. The smallest absolute Gasteiger partial charge is 0.200 e. The van der Waals surface area contributed by atoms with Crippen LogP contribution in [0.2, 0.25) is 0 Å². The minimum Gasteiger partial charge on any atom is -0.203 e. The quantitative estimate of drug-likeness (QED) is 0.192. The van der Waals surface area contributed by atoms with Crippen LogP contribution in [-0.2, 0) is 0 Å². The summed E-state index contributed by atoms with van der Waals surface area (Å²) in [6.07, 6.45) is 0. The Bertz CT molecular complexity index is 656. The van der Waals surface area contributed by atoms with Crippen molar-refractivity contribution in [2.24, 2.45) is 0 Å². The van der Waals surface area contributed by atoms with Gasteiger partial charge >= 0.3 is 0 Å². The van der Waals surface area contributed by atoms with E-state index in [1.807, 2.05) is 0 Å². The van der Waals surface area contributed by atoms with E-state index in [1.54, 1.807) is 0 Å². The third-order valence-corrected chi connectivity index (χ3v) is 5.79. The van der Waals surface area contributed by atoms with Crippen molar-refractivity contribution in [3.05, 3.63) is 53.9 Å². The molecule has 0 saturated carbocycles. The van der Waals surface area contributed by atoms with Crippen molar-refractivity contribution in [1.82, 2.24) is 0 Å². The highest BCUT2D eigenvalue weighted by molar-refractivity contribution is 9.12. The topological polar surface area (TPSA) is 0 Å². The standard InChI is InChI=1S/C11H2Br3F5S/c12-3-1-2(11(14)20-3)5(13)4-6(15)8(17)10(19)9(18)7(4)16/h1,5H.